The number of carbonyl (C=O) groups excluding carboxylic acids is 2. The predicted octanol–water partition coefficient (Wildman–Crippen LogP) is 22.1. The summed E-state index contributed by atoms with van der Waals surface area (Å²) in [7, 11) is 0. The number of allylic oxidation sites excluding steroid dienone is 8. The van der Waals surface area contributed by atoms with Gasteiger partial charge in [-0.05, 0) is 89.9 Å². The molecule has 0 aliphatic heterocycles. The van der Waals surface area contributed by atoms with Gasteiger partial charge in [0.25, 0.3) is 0 Å². The first-order valence-corrected chi connectivity index (χ1v) is 34.4. The summed E-state index contributed by atoms with van der Waals surface area (Å²) in [6, 6.07) is -0.539. The molecular weight excluding hydrogens is 947 g/mol. The number of unbranched alkanes of at least 4 members (excludes halogenated alkanes) is 45. The van der Waals surface area contributed by atoms with Crippen molar-refractivity contribution in [1.82, 2.24) is 5.32 Å². The van der Waals surface area contributed by atoms with Crippen LogP contribution in [0.4, 0.5) is 0 Å². The molecule has 77 heavy (non-hydrogen) atoms. The van der Waals surface area contributed by atoms with Gasteiger partial charge >= 0.3 is 5.97 Å². The summed E-state index contributed by atoms with van der Waals surface area (Å²) in [6.45, 7) is 4.92. The van der Waals surface area contributed by atoms with Crippen molar-refractivity contribution in [1.29, 1.82) is 0 Å². The molecule has 0 rings (SSSR count). The summed E-state index contributed by atoms with van der Waals surface area (Å²) in [5, 5.41) is 23.2. The smallest absolute Gasteiger partial charge is 0.305 e. The van der Waals surface area contributed by atoms with E-state index in [-0.39, 0.29) is 18.5 Å². The molecule has 6 nitrogen and oxygen atoms in total. The van der Waals surface area contributed by atoms with Crippen molar-refractivity contribution < 1.29 is 24.5 Å². The lowest BCUT2D eigenvalue weighted by atomic mass is 10.0. The van der Waals surface area contributed by atoms with Crippen molar-refractivity contribution in [3.8, 4) is 0 Å². The van der Waals surface area contributed by atoms with Gasteiger partial charge in [-0.1, -0.05) is 313 Å². The molecule has 0 bridgehead atoms. The van der Waals surface area contributed by atoms with Crippen LogP contribution in [0, 0.1) is 0 Å². The van der Waals surface area contributed by atoms with Crippen LogP contribution in [0.1, 0.15) is 367 Å². The van der Waals surface area contributed by atoms with E-state index in [1.165, 1.54) is 276 Å². The summed E-state index contributed by atoms with van der Waals surface area (Å²) in [5.41, 5.74) is 0. The molecule has 0 saturated heterocycles. The third-order valence-electron chi connectivity index (χ3n) is 15.9. The largest absolute Gasteiger partial charge is 0.466 e. The highest BCUT2D eigenvalue weighted by Crippen LogP contribution is 2.18. The van der Waals surface area contributed by atoms with Gasteiger partial charge in [0, 0.05) is 12.8 Å². The second-order valence-electron chi connectivity index (χ2n) is 23.5. The Hall–Kier alpha value is -2.18. The fourth-order valence-electron chi connectivity index (χ4n) is 10.6. The normalized spacial score (nSPS) is 12.8. The number of hydrogen-bond donors (Lipinski definition) is 3. The van der Waals surface area contributed by atoms with Crippen molar-refractivity contribution in [2.24, 2.45) is 0 Å². The molecule has 0 aliphatic rings. The van der Waals surface area contributed by atoms with Gasteiger partial charge in [0.05, 0.1) is 25.4 Å². The summed E-state index contributed by atoms with van der Waals surface area (Å²) in [5.74, 6) is -0.0275. The van der Waals surface area contributed by atoms with Crippen LogP contribution in [0.15, 0.2) is 48.6 Å². The number of ether oxygens (including phenoxy) is 1. The number of esters is 1. The molecule has 0 aromatic carbocycles. The highest BCUT2D eigenvalue weighted by Gasteiger charge is 2.20. The second-order valence-corrected chi connectivity index (χ2v) is 23.5. The molecule has 1 amide bonds. The predicted molar refractivity (Wildman–Crippen MR) is 338 cm³/mol. The maximum Gasteiger partial charge on any atom is 0.305 e. The number of amides is 1. The zero-order valence-electron chi connectivity index (χ0n) is 51.7. The number of rotatable bonds is 64. The van der Waals surface area contributed by atoms with Gasteiger partial charge in [-0.25, -0.2) is 0 Å². The average Bonchev–Trinajstić information content (AvgIpc) is 3.43. The highest BCUT2D eigenvalue weighted by molar-refractivity contribution is 5.76. The van der Waals surface area contributed by atoms with Gasteiger partial charge in [0.15, 0.2) is 0 Å². The minimum absolute atomic E-state index is 0.00633. The second kappa shape index (κ2) is 66.3. The Balaban J connectivity index is 3.36. The first-order chi connectivity index (χ1) is 38.0. The lowest BCUT2D eigenvalue weighted by Gasteiger charge is -2.22. The van der Waals surface area contributed by atoms with Crippen LogP contribution in [0.5, 0.6) is 0 Å². The zero-order chi connectivity index (χ0) is 55.7. The van der Waals surface area contributed by atoms with E-state index in [1.807, 2.05) is 0 Å². The molecule has 0 fully saturated rings. The van der Waals surface area contributed by atoms with Gasteiger partial charge in [-0.3, -0.25) is 9.59 Å². The van der Waals surface area contributed by atoms with Crippen molar-refractivity contribution in [2.45, 2.75) is 379 Å². The average molecular weight is 1080 g/mol. The van der Waals surface area contributed by atoms with Crippen LogP contribution < -0.4 is 5.32 Å². The van der Waals surface area contributed by atoms with E-state index in [4.69, 9.17) is 4.74 Å². The van der Waals surface area contributed by atoms with Crippen LogP contribution >= 0.6 is 0 Å². The number of nitrogens with one attached hydrogen (secondary N) is 1. The quantitative estimate of drug-likeness (QED) is 0.0320. The van der Waals surface area contributed by atoms with E-state index in [1.54, 1.807) is 0 Å². The van der Waals surface area contributed by atoms with E-state index in [2.05, 4.69) is 67.8 Å². The number of aliphatic hydroxyl groups excluding tert-OH is 2. The Bertz CT molecular complexity index is 1290. The lowest BCUT2D eigenvalue weighted by molar-refractivity contribution is -0.143. The fraction of sp³-hybridized carbons (Fsp3) is 0.859. The lowest BCUT2D eigenvalue weighted by Crippen LogP contribution is -2.45. The minimum atomic E-state index is -0.661. The number of hydrogen-bond acceptors (Lipinski definition) is 5. The maximum absolute atomic E-state index is 12.4. The molecule has 452 valence electrons. The Morgan fingerprint density at radius 1 is 0.364 bits per heavy atom. The van der Waals surface area contributed by atoms with Crippen LogP contribution in [-0.2, 0) is 14.3 Å². The van der Waals surface area contributed by atoms with Crippen LogP contribution in [-0.4, -0.2) is 47.4 Å². The SMILES string of the molecule is CCCCC/C=C\C/C=C\CCCCCCCCCC(=O)OCCCCCCCCCCC/C=C\C/C=C\CCCCCCCCCCCCCCCCCCCC(=O)NC(CO)C(O)CCCCCCCCCCCC. The zero-order valence-corrected chi connectivity index (χ0v) is 51.7. The Morgan fingerprint density at radius 3 is 1.01 bits per heavy atom. The van der Waals surface area contributed by atoms with Gasteiger partial charge in [0.2, 0.25) is 5.91 Å². The van der Waals surface area contributed by atoms with E-state index in [0.717, 1.165) is 57.8 Å². The van der Waals surface area contributed by atoms with Gasteiger partial charge in [0.1, 0.15) is 0 Å². The van der Waals surface area contributed by atoms with Crippen LogP contribution in [0.2, 0.25) is 0 Å². The highest BCUT2D eigenvalue weighted by atomic mass is 16.5. The van der Waals surface area contributed by atoms with Gasteiger partial charge < -0.3 is 20.3 Å². The molecule has 2 atom stereocenters. The third-order valence-corrected chi connectivity index (χ3v) is 15.9. The minimum Gasteiger partial charge on any atom is -0.466 e. The number of aliphatic hydroxyl groups is 2. The van der Waals surface area contributed by atoms with Gasteiger partial charge in [-0.15, -0.1) is 0 Å². The van der Waals surface area contributed by atoms with Crippen molar-refractivity contribution in [3.05, 3.63) is 48.6 Å². The molecule has 0 aliphatic carbocycles. The topological polar surface area (TPSA) is 95.9 Å². The Labute approximate surface area is 480 Å². The first kappa shape index (κ1) is 74.8. The van der Waals surface area contributed by atoms with E-state index in [9.17, 15) is 19.8 Å². The standard InChI is InChI=1S/C71H133NO5/c1-3-5-7-9-11-13-15-16-17-35-39-42-45-49-53-57-61-65-71(76)77-66-62-58-54-50-46-43-40-37-34-32-30-28-26-24-22-20-18-19-21-23-25-27-29-31-33-36-38-41-44-48-52-56-60-64-70(75)72-68(67-73)69(74)63-59-55-51-47-14-12-10-8-6-4-2/h11,13,16-17,22,24,28,30,68-69,73-74H,3-10,12,14-15,18-21,23,25-27,29,31-67H2,1-2H3,(H,72,75)/b13-11-,17-16-,24-22-,30-28-. The molecular formula is C71H133NO5. The fourth-order valence-corrected chi connectivity index (χ4v) is 10.6. The maximum atomic E-state index is 12.4. The Morgan fingerprint density at radius 2 is 0.649 bits per heavy atom. The summed E-state index contributed by atoms with van der Waals surface area (Å²) in [6.07, 6.45) is 85.9. The third kappa shape index (κ3) is 62.9. The molecule has 0 radical (unpaired) electrons. The van der Waals surface area contributed by atoms with Crippen molar-refractivity contribution in [3.63, 3.8) is 0 Å². The summed E-state index contributed by atoms with van der Waals surface area (Å²) in [4.78, 5) is 24.5. The summed E-state index contributed by atoms with van der Waals surface area (Å²) < 4.78 is 5.49. The molecule has 2 unspecified atom stereocenters. The first-order valence-electron chi connectivity index (χ1n) is 34.4. The molecule has 0 heterocycles. The molecule has 0 aromatic rings. The van der Waals surface area contributed by atoms with E-state index >= 15 is 0 Å². The van der Waals surface area contributed by atoms with Gasteiger partial charge in [-0.2, -0.15) is 0 Å². The van der Waals surface area contributed by atoms with E-state index < -0.39 is 12.1 Å². The molecule has 0 saturated carbocycles. The number of carbonyl (C=O) groups is 2. The van der Waals surface area contributed by atoms with Crippen LogP contribution in [0.25, 0.3) is 0 Å². The van der Waals surface area contributed by atoms with Crippen LogP contribution in [0.3, 0.4) is 0 Å². The van der Waals surface area contributed by atoms with E-state index in [0.29, 0.717) is 25.9 Å². The summed E-state index contributed by atoms with van der Waals surface area (Å²) >= 11 is 0. The molecule has 6 heteroatoms. The van der Waals surface area contributed by atoms with Crippen molar-refractivity contribution in [2.75, 3.05) is 13.2 Å². The molecule has 0 aromatic heterocycles. The molecule has 0 spiro atoms. The monoisotopic (exact) mass is 1080 g/mol. The van der Waals surface area contributed by atoms with Crippen molar-refractivity contribution >= 4 is 11.9 Å². The molecule has 3 N–H and O–H groups in total. The Kier molecular flexibility index (Phi) is 64.5.